The molecule has 0 saturated heterocycles. The normalized spacial score (nSPS) is 19.1. The number of fused-ring (bicyclic) bond motifs is 4. The van der Waals surface area contributed by atoms with Gasteiger partial charge in [0.05, 0.1) is 6.20 Å². The van der Waals surface area contributed by atoms with Crippen LogP contribution in [0.4, 0.5) is 0 Å². The van der Waals surface area contributed by atoms with Gasteiger partial charge in [0.1, 0.15) is 23.4 Å². The Hall–Kier alpha value is -3.93. The predicted molar refractivity (Wildman–Crippen MR) is 112 cm³/mol. The first kappa shape index (κ1) is 17.0. The van der Waals surface area contributed by atoms with E-state index in [9.17, 15) is 5.11 Å². The average Bonchev–Trinajstić information content (AvgIpc) is 3.33. The zero-order valence-corrected chi connectivity index (χ0v) is 15.9. The molecule has 0 spiro atoms. The van der Waals surface area contributed by atoms with Crippen molar-refractivity contribution in [3.63, 3.8) is 0 Å². The van der Waals surface area contributed by atoms with E-state index in [0.717, 1.165) is 17.4 Å². The molecule has 0 bridgehead atoms. The Bertz CT molecular complexity index is 1320. The molecule has 30 heavy (non-hydrogen) atoms. The van der Waals surface area contributed by atoms with Gasteiger partial charge in [-0.2, -0.15) is 0 Å². The molecule has 1 aliphatic heterocycles. The van der Waals surface area contributed by atoms with E-state index in [1.54, 1.807) is 12.3 Å². The van der Waals surface area contributed by atoms with E-state index in [1.165, 1.54) is 17.3 Å². The summed E-state index contributed by atoms with van der Waals surface area (Å²) in [4.78, 5) is 13.2. The summed E-state index contributed by atoms with van der Waals surface area (Å²) in [6, 6.07) is 19.6. The van der Waals surface area contributed by atoms with E-state index in [4.69, 9.17) is 14.5 Å². The van der Waals surface area contributed by atoms with Crippen LogP contribution in [-0.2, 0) is 11.2 Å². The number of nitrogens with zero attached hydrogens (tertiary/aromatic N) is 3. The Kier molecular flexibility index (Phi) is 3.71. The number of ether oxygens (including phenoxy) is 2. The maximum Gasteiger partial charge on any atom is 0.219 e. The smallest absolute Gasteiger partial charge is 0.219 e. The largest absolute Gasteiger partial charge is 0.504 e. The number of aromatic hydroxyl groups is 1. The van der Waals surface area contributed by atoms with Crippen molar-refractivity contribution in [2.45, 2.75) is 18.6 Å². The van der Waals surface area contributed by atoms with Crippen LogP contribution >= 0.6 is 0 Å². The summed E-state index contributed by atoms with van der Waals surface area (Å²) < 4.78 is 12.1. The Morgan fingerprint density at radius 3 is 2.90 bits per heavy atom. The molecule has 6 rings (SSSR count). The van der Waals surface area contributed by atoms with Crippen LogP contribution in [0.3, 0.4) is 0 Å². The van der Waals surface area contributed by atoms with Gasteiger partial charge in [-0.25, -0.2) is 9.98 Å². The minimum atomic E-state index is 0.0206. The van der Waals surface area contributed by atoms with Crippen LogP contribution < -0.4 is 4.74 Å². The molecule has 2 aromatic carbocycles. The summed E-state index contributed by atoms with van der Waals surface area (Å²) in [5.41, 5.74) is 3.88. The van der Waals surface area contributed by atoms with Crippen molar-refractivity contribution >= 4 is 16.8 Å². The van der Waals surface area contributed by atoms with Gasteiger partial charge >= 0.3 is 0 Å². The number of benzene rings is 2. The molecule has 1 aliphatic carbocycles. The lowest BCUT2D eigenvalue weighted by Crippen LogP contribution is -2.13. The standard InChI is InChI=1S/C24H17N3O3/c28-19-13-25-12-16-8-9-21(26-22(16)19)29-17-6-3-5-15(10-17)24-27-23-18-7-2-1-4-14(18)11-20(23)30-24/h1-10,12-13,20,23,28H,11H2/t20-,23+/m0/s1. The molecular weight excluding hydrogens is 378 g/mol. The lowest BCUT2D eigenvalue weighted by Gasteiger charge is -2.10. The highest BCUT2D eigenvalue weighted by Gasteiger charge is 2.39. The molecule has 2 aromatic heterocycles. The Morgan fingerprint density at radius 1 is 1.00 bits per heavy atom. The molecule has 6 heteroatoms. The van der Waals surface area contributed by atoms with Gasteiger partial charge in [-0.05, 0) is 35.4 Å². The molecule has 0 saturated carbocycles. The predicted octanol–water partition coefficient (Wildman–Crippen LogP) is 4.57. The van der Waals surface area contributed by atoms with Crippen molar-refractivity contribution in [2.75, 3.05) is 0 Å². The lowest BCUT2D eigenvalue weighted by molar-refractivity contribution is 0.206. The minimum Gasteiger partial charge on any atom is -0.504 e. The van der Waals surface area contributed by atoms with Crippen LogP contribution in [0.5, 0.6) is 17.4 Å². The van der Waals surface area contributed by atoms with Gasteiger partial charge in [0, 0.05) is 29.6 Å². The minimum absolute atomic E-state index is 0.0206. The fraction of sp³-hybridized carbons (Fsp3) is 0.125. The van der Waals surface area contributed by atoms with E-state index in [2.05, 4.69) is 28.2 Å². The first-order valence-corrected chi connectivity index (χ1v) is 9.79. The van der Waals surface area contributed by atoms with Crippen LogP contribution in [0.2, 0.25) is 0 Å². The summed E-state index contributed by atoms with van der Waals surface area (Å²) in [7, 11) is 0. The number of aliphatic imine (C=N–C) groups is 1. The van der Waals surface area contributed by atoms with E-state index < -0.39 is 0 Å². The average molecular weight is 395 g/mol. The third-order valence-electron chi connectivity index (χ3n) is 5.52. The molecule has 0 fully saturated rings. The zero-order chi connectivity index (χ0) is 20.1. The highest BCUT2D eigenvalue weighted by Crippen LogP contribution is 2.41. The number of hydrogen-bond acceptors (Lipinski definition) is 6. The van der Waals surface area contributed by atoms with Crippen LogP contribution in [0.25, 0.3) is 10.9 Å². The Balaban J connectivity index is 1.29. The van der Waals surface area contributed by atoms with Crippen molar-refractivity contribution in [3.05, 3.63) is 89.7 Å². The third kappa shape index (κ3) is 2.76. The second kappa shape index (κ2) is 6.56. The third-order valence-corrected chi connectivity index (χ3v) is 5.52. The molecule has 0 radical (unpaired) electrons. The van der Waals surface area contributed by atoms with Gasteiger partial charge in [0.2, 0.25) is 11.8 Å². The van der Waals surface area contributed by atoms with E-state index in [1.807, 2.05) is 36.4 Å². The highest BCUT2D eigenvalue weighted by molar-refractivity contribution is 5.96. The number of rotatable bonds is 3. The fourth-order valence-corrected chi connectivity index (χ4v) is 4.12. The van der Waals surface area contributed by atoms with Crippen molar-refractivity contribution in [1.29, 1.82) is 0 Å². The summed E-state index contributed by atoms with van der Waals surface area (Å²) in [6.07, 6.45) is 3.95. The summed E-state index contributed by atoms with van der Waals surface area (Å²) >= 11 is 0. The molecule has 0 amide bonds. The zero-order valence-electron chi connectivity index (χ0n) is 15.9. The van der Waals surface area contributed by atoms with Gasteiger partial charge < -0.3 is 14.6 Å². The summed E-state index contributed by atoms with van der Waals surface area (Å²) in [6.45, 7) is 0. The molecule has 6 nitrogen and oxygen atoms in total. The molecule has 3 heterocycles. The molecule has 146 valence electrons. The topological polar surface area (TPSA) is 76.8 Å². The number of pyridine rings is 2. The van der Waals surface area contributed by atoms with Gasteiger partial charge in [-0.3, -0.25) is 4.98 Å². The lowest BCUT2D eigenvalue weighted by atomic mass is 10.1. The monoisotopic (exact) mass is 395 g/mol. The first-order valence-electron chi connectivity index (χ1n) is 9.79. The van der Waals surface area contributed by atoms with Crippen molar-refractivity contribution < 1.29 is 14.6 Å². The van der Waals surface area contributed by atoms with Gasteiger partial charge in [-0.1, -0.05) is 30.3 Å². The first-order chi connectivity index (χ1) is 14.7. The molecular formula is C24H17N3O3. The van der Waals surface area contributed by atoms with Gasteiger partial charge in [-0.15, -0.1) is 0 Å². The molecule has 1 N–H and O–H groups in total. The van der Waals surface area contributed by atoms with Crippen LogP contribution in [-0.4, -0.2) is 27.1 Å². The number of hydrogen-bond donors (Lipinski definition) is 1. The molecule has 2 aliphatic rings. The van der Waals surface area contributed by atoms with Crippen molar-refractivity contribution in [3.8, 4) is 17.4 Å². The molecule has 2 atom stereocenters. The van der Waals surface area contributed by atoms with Crippen LogP contribution in [0.15, 0.2) is 78.0 Å². The van der Waals surface area contributed by atoms with E-state index in [0.29, 0.717) is 23.0 Å². The second-order valence-corrected chi connectivity index (χ2v) is 7.45. The van der Waals surface area contributed by atoms with E-state index in [-0.39, 0.29) is 17.9 Å². The second-order valence-electron chi connectivity index (χ2n) is 7.45. The summed E-state index contributed by atoms with van der Waals surface area (Å²) in [5.74, 6) is 1.67. The Morgan fingerprint density at radius 2 is 1.93 bits per heavy atom. The van der Waals surface area contributed by atoms with E-state index >= 15 is 0 Å². The van der Waals surface area contributed by atoms with Gasteiger partial charge in [0.25, 0.3) is 0 Å². The quantitative estimate of drug-likeness (QED) is 0.550. The maximum absolute atomic E-state index is 9.98. The molecule has 0 unspecified atom stereocenters. The van der Waals surface area contributed by atoms with Crippen molar-refractivity contribution in [1.82, 2.24) is 9.97 Å². The Labute approximate surface area is 172 Å². The fourth-order valence-electron chi connectivity index (χ4n) is 4.12. The highest BCUT2D eigenvalue weighted by atomic mass is 16.5. The number of aromatic nitrogens is 2. The van der Waals surface area contributed by atoms with Crippen LogP contribution in [0, 0.1) is 0 Å². The summed E-state index contributed by atoms with van der Waals surface area (Å²) in [5, 5.41) is 10.7. The van der Waals surface area contributed by atoms with Gasteiger partial charge in [0.15, 0.2) is 5.75 Å². The van der Waals surface area contributed by atoms with Crippen LogP contribution in [0.1, 0.15) is 22.7 Å². The SMILES string of the molecule is Oc1cncc2ccc(Oc3cccc(C4=N[C@@H]5c6ccccc6C[C@@H]5O4)c3)nc12. The maximum atomic E-state index is 9.98. The van der Waals surface area contributed by atoms with Crippen molar-refractivity contribution in [2.24, 2.45) is 4.99 Å². The molecule has 4 aromatic rings.